The summed E-state index contributed by atoms with van der Waals surface area (Å²) in [6, 6.07) is 3.21. The number of allylic oxidation sites excluding steroid dienone is 2. The van der Waals surface area contributed by atoms with Gasteiger partial charge in [0.1, 0.15) is 18.7 Å². The molecule has 2 aromatic heterocycles. The molecule has 4 unspecified atom stereocenters. The highest BCUT2D eigenvalue weighted by Crippen LogP contribution is 2.59. The maximum absolute atomic E-state index is 14.1. The number of carbonyl (C=O) groups excluding carboxylic acids is 5. The van der Waals surface area contributed by atoms with Crippen LogP contribution >= 0.6 is 21.6 Å². The highest BCUT2D eigenvalue weighted by Gasteiger charge is 2.75. The van der Waals surface area contributed by atoms with Gasteiger partial charge in [-0.25, -0.2) is 24.4 Å². The van der Waals surface area contributed by atoms with Crippen LogP contribution in [0.4, 0.5) is 16.4 Å². The molecule has 3 amide bonds. The predicted octanol–water partition coefficient (Wildman–Crippen LogP) is -0.843. The summed E-state index contributed by atoms with van der Waals surface area (Å²) in [5, 5.41) is 30.5. The number of nitrogens with one attached hydrogen (secondary N) is 5. The van der Waals surface area contributed by atoms with Gasteiger partial charge in [-0.1, -0.05) is 21.6 Å². The van der Waals surface area contributed by atoms with Crippen LogP contribution in [0.1, 0.15) is 35.8 Å². The molecule has 0 radical (unpaired) electrons. The number of nitrogen functional groups attached to an aromatic ring is 1. The highest BCUT2D eigenvalue weighted by molar-refractivity contribution is 8.76. The maximum atomic E-state index is 14.1. The smallest absolute Gasteiger partial charge is 0.404 e. The van der Waals surface area contributed by atoms with E-state index in [4.69, 9.17) is 20.9 Å². The minimum absolute atomic E-state index is 0.0163. The minimum atomic E-state index is -1.47. The molecule has 66 heavy (non-hydrogen) atoms. The highest BCUT2D eigenvalue weighted by atomic mass is 33.1. The molecular weight excluding hydrogens is 905 g/mol. The molecule has 24 nitrogen and oxygen atoms in total. The third-order valence-corrected chi connectivity index (χ3v) is 14.2. The molecule has 4 aliphatic rings. The molecule has 0 saturated carbocycles. The summed E-state index contributed by atoms with van der Waals surface area (Å²) in [6.07, 6.45) is -0.339. The van der Waals surface area contributed by atoms with Gasteiger partial charge in [-0.3, -0.25) is 33.9 Å². The number of nitrogens with zero attached hydrogens (tertiary/aromatic N) is 5. The number of benzene rings is 1. The first-order chi connectivity index (χ1) is 31.5. The van der Waals surface area contributed by atoms with E-state index >= 15 is 0 Å². The third-order valence-electron chi connectivity index (χ3n) is 11.8. The van der Waals surface area contributed by atoms with Crippen LogP contribution in [0, 0.1) is 5.92 Å². The number of aliphatic carboxylic acids is 2. The summed E-state index contributed by atoms with van der Waals surface area (Å²) in [4.78, 5) is 120. The number of aromatic amines is 1. The maximum Gasteiger partial charge on any atom is 0.404 e. The summed E-state index contributed by atoms with van der Waals surface area (Å²) in [6.45, 7) is 2.11. The zero-order valence-electron chi connectivity index (χ0n) is 35.6. The average molecular weight is 951 g/mol. The number of hydrogen-bond acceptors (Lipinski definition) is 20. The van der Waals surface area contributed by atoms with E-state index in [2.05, 4.69) is 46.1 Å². The number of nitrogens with two attached hydrogens (primary N) is 2. The minimum Gasteiger partial charge on any atom is -0.480 e. The number of piperazine rings is 1. The van der Waals surface area contributed by atoms with Crippen molar-refractivity contribution in [3.05, 3.63) is 74.6 Å². The molecule has 26 heteroatoms. The Balaban J connectivity index is 0.845. The molecule has 350 valence electrons. The molecule has 11 N–H and O–H groups in total. The molecule has 0 bridgehead atoms. The zero-order valence-corrected chi connectivity index (χ0v) is 37.2. The van der Waals surface area contributed by atoms with E-state index in [-0.39, 0.29) is 95.0 Å². The Bertz CT molecular complexity index is 2630. The SMILES string of the molecule is CO[C@]12C3[C@H](CN1C1=C(C(=O)C(NCCSSCC(NC(=O)CCC(NC(=O)c4ccc(NCc5cnc6nc(N)[nH]c(=O)c6n5)cc4)C(=O)O)C(=O)O)=C(C)C1=O)[C@H]2COC(N)=O)N3C. The Labute approximate surface area is 382 Å². The second kappa shape index (κ2) is 19.4. The second-order valence-corrected chi connectivity index (χ2v) is 18.3. The Morgan fingerprint density at radius 3 is 2.42 bits per heavy atom. The standard InChI is InChI=1S/C40H46N12O12S2/c1-17-27(31(55)26-21(15-64-39(42)62)40(63-3)32-24(51(32)2)14-52(40)29(26)30(17)54)43-10-11-65-66-16-23(37(60)61)47-25(53)9-8-22(36(58)59)48-34(56)18-4-6-19(7-5-18)44-12-20-13-45-33-28(46-20)35(57)50-38(41)49-33/h4-7,13,21-24,32,43-44H,8-12,14-16H2,1-3H3,(H2,42,62)(H,47,53)(H,48,56)(H,58,59)(H,60,61)(H3,41,45,49,50,57)/t21-,22?,23?,24+,32?,40-,51?/m1/s1. The number of primary amides is 1. The van der Waals surface area contributed by atoms with E-state index in [1.54, 1.807) is 19.1 Å². The molecule has 5 heterocycles. The lowest BCUT2D eigenvalue weighted by atomic mass is 9.82. The summed E-state index contributed by atoms with van der Waals surface area (Å²) < 4.78 is 11.3. The van der Waals surface area contributed by atoms with E-state index in [0.717, 1.165) is 10.8 Å². The number of likely N-dealkylation sites (N-methyl/N-ethyl adjacent to an activating group) is 1. The van der Waals surface area contributed by atoms with E-state index in [0.29, 0.717) is 23.7 Å². The van der Waals surface area contributed by atoms with Crippen LogP contribution in [0.25, 0.3) is 11.2 Å². The first-order valence-electron chi connectivity index (χ1n) is 20.4. The van der Waals surface area contributed by atoms with Crippen molar-refractivity contribution in [1.29, 1.82) is 0 Å². The Morgan fingerprint density at radius 2 is 1.74 bits per heavy atom. The molecular formula is C40H46N12O12S2. The first-order valence-corrected chi connectivity index (χ1v) is 22.9. The van der Waals surface area contributed by atoms with Crippen molar-refractivity contribution in [2.24, 2.45) is 11.7 Å². The number of anilines is 2. The number of ether oxygens (including phenoxy) is 2. The Morgan fingerprint density at radius 1 is 1.02 bits per heavy atom. The van der Waals surface area contributed by atoms with Crippen molar-refractivity contribution >= 4 is 85.8 Å². The summed E-state index contributed by atoms with van der Waals surface area (Å²) in [5.74, 6) is -5.55. The number of methoxy groups -OCH3 is 1. The number of hydrogen-bond donors (Lipinski definition) is 9. The fraction of sp³-hybridized carbons (Fsp3) is 0.425. The van der Waals surface area contributed by atoms with Crippen molar-refractivity contribution in [2.75, 3.05) is 56.4 Å². The third kappa shape index (κ3) is 9.33. The van der Waals surface area contributed by atoms with E-state index in [1.807, 2.05) is 11.9 Å². The topological polar surface area (TPSA) is 356 Å². The lowest BCUT2D eigenvalue weighted by Crippen LogP contribution is -2.55. The number of aromatic nitrogens is 4. The number of ketones is 2. The van der Waals surface area contributed by atoms with Gasteiger partial charge in [0.15, 0.2) is 16.9 Å². The summed E-state index contributed by atoms with van der Waals surface area (Å²) in [7, 11) is 5.81. The van der Waals surface area contributed by atoms with Gasteiger partial charge in [0.2, 0.25) is 23.4 Å². The fourth-order valence-electron chi connectivity index (χ4n) is 8.52. The molecule has 7 rings (SSSR count). The van der Waals surface area contributed by atoms with Crippen molar-refractivity contribution in [1.82, 2.24) is 45.7 Å². The molecule has 2 fully saturated rings. The van der Waals surface area contributed by atoms with Crippen molar-refractivity contribution < 1.29 is 53.2 Å². The Kier molecular flexibility index (Phi) is 13.9. The summed E-state index contributed by atoms with van der Waals surface area (Å²) >= 11 is 0. The molecule has 3 aliphatic heterocycles. The normalized spacial score (nSPS) is 22.6. The van der Waals surface area contributed by atoms with E-state index in [9.17, 15) is 48.6 Å². The summed E-state index contributed by atoms with van der Waals surface area (Å²) in [5.41, 5.74) is 11.1. The van der Waals surface area contributed by atoms with E-state index < -0.39 is 71.3 Å². The molecule has 7 atom stereocenters. The number of carboxylic acids is 2. The van der Waals surface area contributed by atoms with Crippen molar-refractivity contribution in [3.8, 4) is 0 Å². The molecule has 0 spiro atoms. The van der Waals surface area contributed by atoms with Crippen LogP contribution in [0.5, 0.6) is 0 Å². The average Bonchev–Trinajstić information content (AvgIpc) is 3.63. The number of H-pyrrole nitrogens is 1. The monoisotopic (exact) mass is 950 g/mol. The van der Waals surface area contributed by atoms with Gasteiger partial charge in [-0.15, -0.1) is 0 Å². The molecule has 1 aliphatic carbocycles. The van der Waals surface area contributed by atoms with Gasteiger partial charge in [0.05, 0.1) is 41.8 Å². The molecule has 3 aromatic rings. The van der Waals surface area contributed by atoms with Gasteiger partial charge in [0.25, 0.3) is 11.5 Å². The second-order valence-electron chi connectivity index (χ2n) is 15.7. The van der Waals surface area contributed by atoms with Crippen LogP contribution in [-0.2, 0) is 40.0 Å². The quantitative estimate of drug-likeness (QED) is 0.0272. The van der Waals surface area contributed by atoms with Crippen molar-refractivity contribution in [3.63, 3.8) is 0 Å². The van der Waals surface area contributed by atoms with E-state index in [1.165, 1.54) is 36.2 Å². The number of carboxylic acid groups (broad SMARTS) is 2. The molecule has 1 aromatic carbocycles. The first kappa shape index (κ1) is 47.2. The zero-order chi connectivity index (χ0) is 47.6. The number of rotatable bonds is 21. The van der Waals surface area contributed by atoms with Gasteiger partial charge in [-0.05, 0) is 44.7 Å². The van der Waals surface area contributed by atoms with Gasteiger partial charge in [-0.2, -0.15) is 4.98 Å². The van der Waals surface area contributed by atoms with Gasteiger partial charge in [0, 0.05) is 66.6 Å². The van der Waals surface area contributed by atoms with Crippen LogP contribution in [-0.4, -0.2) is 157 Å². The van der Waals surface area contributed by atoms with Gasteiger partial charge < -0.3 is 57.3 Å². The van der Waals surface area contributed by atoms with Crippen LogP contribution in [0.3, 0.4) is 0 Å². The van der Waals surface area contributed by atoms with Crippen LogP contribution in [0.15, 0.2) is 57.8 Å². The van der Waals surface area contributed by atoms with Crippen LogP contribution in [0.2, 0.25) is 0 Å². The van der Waals surface area contributed by atoms with Crippen molar-refractivity contribution in [2.45, 2.75) is 56.2 Å². The number of fused-ring (bicyclic) bond motifs is 5. The Hall–Kier alpha value is -6.77. The number of Topliss-reactive ketones (excluding diaryl/α,β-unsaturated/α-hetero) is 2. The molecule has 2 saturated heterocycles. The number of carbonyl (C=O) groups is 7. The number of amides is 3. The lowest BCUT2D eigenvalue weighted by Gasteiger charge is -2.40. The fourth-order valence-corrected chi connectivity index (χ4v) is 10.6. The van der Waals surface area contributed by atoms with Gasteiger partial charge >= 0.3 is 18.0 Å². The van der Waals surface area contributed by atoms with Crippen LogP contribution < -0.4 is 38.3 Å². The largest absolute Gasteiger partial charge is 0.480 e. The predicted molar refractivity (Wildman–Crippen MR) is 237 cm³/mol. The lowest BCUT2D eigenvalue weighted by molar-refractivity contribution is -0.144.